The van der Waals surface area contributed by atoms with Crippen molar-refractivity contribution in [2.45, 2.75) is 6.92 Å². The first-order chi connectivity index (χ1) is 10.4. The predicted molar refractivity (Wildman–Crippen MR) is 85.6 cm³/mol. The van der Waals surface area contributed by atoms with Crippen molar-refractivity contribution in [2.75, 3.05) is 5.32 Å². The second kappa shape index (κ2) is 6.44. The van der Waals surface area contributed by atoms with Crippen molar-refractivity contribution < 1.29 is 9.59 Å². The number of anilines is 1. The SMILES string of the molecule is Cc1nn(C)c(Cl)c1/C=C/C(=O)Nc1ccccc1C(N)=O. The highest BCUT2D eigenvalue weighted by atomic mass is 35.5. The quantitative estimate of drug-likeness (QED) is 0.846. The molecule has 0 atom stereocenters. The molecule has 0 radical (unpaired) electrons. The summed E-state index contributed by atoms with van der Waals surface area (Å²) in [6, 6.07) is 6.52. The monoisotopic (exact) mass is 318 g/mol. The number of rotatable bonds is 4. The summed E-state index contributed by atoms with van der Waals surface area (Å²) in [5.41, 5.74) is 7.26. The molecule has 6 nitrogen and oxygen atoms in total. The van der Waals surface area contributed by atoms with Gasteiger partial charge in [-0.05, 0) is 25.1 Å². The van der Waals surface area contributed by atoms with Gasteiger partial charge in [-0.1, -0.05) is 23.7 Å². The molecule has 0 aliphatic rings. The molecular weight excluding hydrogens is 304 g/mol. The maximum absolute atomic E-state index is 12.0. The number of nitrogens with one attached hydrogen (secondary N) is 1. The van der Waals surface area contributed by atoms with Crippen molar-refractivity contribution in [3.8, 4) is 0 Å². The standard InChI is InChI=1S/C15H15ClN4O2/c1-9-10(14(16)20(2)19-9)7-8-13(21)18-12-6-4-3-5-11(12)15(17)22/h3-8H,1-2H3,(H2,17,22)(H,18,21)/b8-7+. The summed E-state index contributed by atoms with van der Waals surface area (Å²) >= 11 is 6.08. The predicted octanol–water partition coefficient (Wildman–Crippen LogP) is 2.13. The highest BCUT2D eigenvalue weighted by molar-refractivity contribution is 6.31. The van der Waals surface area contributed by atoms with Gasteiger partial charge < -0.3 is 11.1 Å². The van der Waals surface area contributed by atoms with Gasteiger partial charge in [-0.2, -0.15) is 5.10 Å². The molecule has 0 saturated heterocycles. The maximum Gasteiger partial charge on any atom is 0.250 e. The summed E-state index contributed by atoms with van der Waals surface area (Å²) in [4.78, 5) is 23.3. The van der Waals surface area contributed by atoms with Crippen LogP contribution in [0.15, 0.2) is 30.3 Å². The third kappa shape index (κ3) is 3.35. The number of amides is 2. The van der Waals surface area contributed by atoms with Crippen LogP contribution in [-0.2, 0) is 11.8 Å². The number of carbonyl (C=O) groups excluding carboxylic acids is 2. The van der Waals surface area contributed by atoms with E-state index in [1.807, 2.05) is 0 Å². The summed E-state index contributed by atoms with van der Waals surface area (Å²) in [7, 11) is 1.72. The number of aryl methyl sites for hydroxylation is 2. The number of hydrogen-bond donors (Lipinski definition) is 2. The van der Waals surface area contributed by atoms with Gasteiger partial charge in [0.05, 0.1) is 16.9 Å². The second-order valence-corrected chi connectivity index (χ2v) is 5.00. The lowest BCUT2D eigenvalue weighted by molar-refractivity contribution is -0.111. The van der Waals surface area contributed by atoms with E-state index in [0.717, 1.165) is 0 Å². The molecule has 2 rings (SSSR count). The summed E-state index contributed by atoms with van der Waals surface area (Å²) < 4.78 is 1.52. The fraction of sp³-hybridized carbons (Fsp3) is 0.133. The first-order valence-electron chi connectivity index (χ1n) is 6.47. The minimum absolute atomic E-state index is 0.250. The number of benzene rings is 1. The molecular formula is C15H15ClN4O2. The van der Waals surface area contributed by atoms with E-state index in [2.05, 4.69) is 10.4 Å². The van der Waals surface area contributed by atoms with Crippen LogP contribution in [0.5, 0.6) is 0 Å². The molecule has 7 heteroatoms. The number of halogens is 1. The molecule has 0 unspecified atom stereocenters. The number of aromatic nitrogens is 2. The number of hydrogen-bond acceptors (Lipinski definition) is 3. The van der Waals surface area contributed by atoms with Gasteiger partial charge in [0.1, 0.15) is 5.15 Å². The number of carbonyl (C=O) groups is 2. The van der Waals surface area contributed by atoms with Gasteiger partial charge in [0, 0.05) is 18.7 Å². The van der Waals surface area contributed by atoms with Gasteiger partial charge in [-0.3, -0.25) is 14.3 Å². The lowest BCUT2D eigenvalue weighted by Gasteiger charge is -2.06. The Morgan fingerprint density at radius 1 is 1.36 bits per heavy atom. The zero-order chi connectivity index (χ0) is 16.3. The van der Waals surface area contributed by atoms with Crippen LogP contribution in [0.25, 0.3) is 6.08 Å². The molecule has 1 aromatic heterocycles. The molecule has 0 spiro atoms. The van der Waals surface area contributed by atoms with Gasteiger partial charge in [0.25, 0.3) is 5.91 Å². The van der Waals surface area contributed by atoms with Crippen LogP contribution in [0.4, 0.5) is 5.69 Å². The first kappa shape index (κ1) is 15.8. The molecule has 2 amide bonds. The van der Waals surface area contributed by atoms with Crippen molar-refractivity contribution in [1.29, 1.82) is 0 Å². The van der Waals surface area contributed by atoms with E-state index in [-0.39, 0.29) is 5.56 Å². The van der Waals surface area contributed by atoms with Gasteiger partial charge in [-0.25, -0.2) is 0 Å². The smallest absolute Gasteiger partial charge is 0.250 e. The van der Waals surface area contributed by atoms with E-state index in [1.165, 1.54) is 10.8 Å². The molecule has 1 heterocycles. The normalized spacial score (nSPS) is 10.9. The lowest BCUT2D eigenvalue weighted by Crippen LogP contribution is -2.16. The van der Waals surface area contributed by atoms with Crippen LogP contribution in [0.3, 0.4) is 0 Å². The third-order valence-electron chi connectivity index (χ3n) is 3.05. The lowest BCUT2D eigenvalue weighted by atomic mass is 10.1. The Morgan fingerprint density at radius 2 is 2.05 bits per heavy atom. The summed E-state index contributed by atoms with van der Waals surface area (Å²) in [6.45, 7) is 1.80. The molecule has 0 aliphatic heterocycles. The molecule has 22 heavy (non-hydrogen) atoms. The van der Waals surface area contributed by atoms with E-state index in [4.69, 9.17) is 17.3 Å². The summed E-state index contributed by atoms with van der Waals surface area (Å²) in [6.07, 6.45) is 2.90. The molecule has 0 aliphatic carbocycles. The Kier molecular flexibility index (Phi) is 4.62. The van der Waals surface area contributed by atoms with Crippen LogP contribution in [0.1, 0.15) is 21.6 Å². The fourth-order valence-electron chi connectivity index (χ4n) is 1.98. The van der Waals surface area contributed by atoms with Crippen molar-refractivity contribution in [3.05, 3.63) is 52.3 Å². The molecule has 3 N–H and O–H groups in total. The summed E-state index contributed by atoms with van der Waals surface area (Å²) in [5, 5.41) is 7.20. The second-order valence-electron chi connectivity index (χ2n) is 4.65. The average Bonchev–Trinajstić information content (AvgIpc) is 2.70. The van der Waals surface area contributed by atoms with E-state index in [9.17, 15) is 9.59 Å². The van der Waals surface area contributed by atoms with Crippen LogP contribution in [0.2, 0.25) is 5.15 Å². The number of para-hydroxylation sites is 1. The van der Waals surface area contributed by atoms with Crippen molar-refractivity contribution in [3.63, 3.8) is 0 Å². The Balaban J connectivity index is 2.17. The van der Waals surface area contributed by atoms with Gasteiger partial charge in [0.2, 0.25) is 5.91 Å². The molecule has 0 saturated carbocycles. The van der Waals surface area contributed by atoms with E-state index in [1.54, 1.807) is 44.3 Å². The molecule has 2 aromatic rings. The topological polar surface area (TPSA) is 90.0 Å². The third-order valence-corrected chi connectivity index (χ3v) is 3.50. The largest absolute Gasteiger partial charge is 0.366 e. The van der Waals surface area contributed by atoms with E-state index >= 15 is 0 Å². The van der Waals surface area contributed by atoms with Crippen LogP contribution in [0, 0.1) is 6.92 Å². The van der Waals surface area contributed by atoms with Crippen molar-refractivity contribution >= 4 is 35.2 Å². The average molecular weight is 319 g/mol. The Morgan fingerprint density at radius 3 is 2.64 bits per heavy atom. The zero-order valence-electron chi connectivity index (χ0n) is 12.1. The van der Waals surface area contributed by atoms with Crippen LogP contribution in [-0.4, -0.2) is 21.6 Å². The highest BCUT2D eigenvalue weighted by Gasteiger charge is 2.10. The van der Waals surface area contributed by atoms with Gasteiger partial charge in [-0.15, -0.1) is 0 Å². The number of nitrogens with zero attached hydrogens (tertiary/aromatic N) is 2. The first-order valence-corrected chi connectivity index (χ1v) is 6.85. The highest BCUT2D eigenvalue weighted by Crippen LogP contribution is 2.20. The zero-order valence-corrected chi connectivity index (χ0v) is 12.9. The van der Waals surface area contributed by atoms with Crippen molar-refractivity contribution in [1.82, 2.24) is 9.78 Å². The molecule has 0 bridgehead atoms. The van der Waals surface area contributed by atoms with Crippen LogP contribution < -0.4 is 11.1 Å². The van der Waals surface area contributed by atoms with E-state index < -0.39 is 11.8 Å². The fourth-order valence-corrected chi connectivity index (χ4v) is 2.21. The van der Waals surface area contributed by atoms with Crippen molar-refractivity contribution in [2.24, 2.45) is 12.8 Å². The number of nitrogens with two attached hydrogens (primary N) is 1. The minimum atomic E-state index is -0.606. The van der Waals surface area contributed by atoms with Crippen LogP contribution >= 0.6 is 11.6 Å². The van der Waals surface area contributed by atoms with Gasteiger partial charge >= 0.3 is 0 Å². The van der Waals surface area contributed by atoms with E-state index in [0.29, 0.717) is 22.1 Å². The molecule has 1 aromatic carbocycles. The Bertz CT molecular complexity index is 765. The maximum atomic E-state index is 12.0. The number of primary amides is 1. The Hall–Kier alpha value is -2.60. The molecule has 114 valence electrons. The minimum Gasteiger partial charge on any atom is -0.366 e. The van der Waals surface area contributed by atoms with Gasteiger partial charge in [0.15, 0.2) is 0 Å². The summed E-state index contributed by atoms with van der Waals surface area (Å²) in [5.74, 6) is -1.00. The molecule has 0 fully saturated rings. The Labute approximate surface area is 132 Å².